The standard InChI is InChI=1S/C16H22N4O2/c1-16-7-2-3-10-20(13(16)5-4-6-14(21)19-16)15(22)12-11-17-8-9-18-12/h8-9,11,13H,2-7,10H2,1H3,(H,19,21)/t13-,16-/m0/s1. The first-order chi connectivity index (χ1) is 10.6. The van der Waals surface area contributed by atoms with E-state index in [2.05, 4.69) is 22.2 Å². The van der Waals surface area contributed by atoms with E-state index in [1.54, 1.807) is 12.4 Å². The molecule has 3 heterocycles. The molecule has 3 rings (SSSR count). The van der Waals surface area contributed by atoms with Crippen molar-refractivity contribution in [3.05, 3.63) is 24.3 Å². The van der Waals surface area contributed by atoms with Crippen molar-refractivity contribution < 1.29 is 9.59 Å². The van der Waals surface area contributed by atoms with E-state index in [0.717, 1.165) is 32.1 Å². The Labute approximate surface area is 130 Å². The molecule has 2 saturated heterocycles. The van der Waals surface area contributed by atoms with Crippen LogP contribution in [0, 0.1) is 0 Å². The molecule has 0 saturated carbocycles. The van der Waals surface area contributed by atoms with Crippen LogP contribution in [0.25, 0.3) is 0 Å². The zero-order valence-corrected chi connectivity index (χ0v) is 12.9. The van der Waals surface area contributed by atoms with E-state index in [4.69, 9.17) is 0 Å². The average Bonchev–Trinajstić information content (AvgIpc) is 2.76. The Morgan fingerprint density at radius 1 is 1.36 bits per heavy atom. The molecular weight excluding hydrogens is 280 g/mol. The minimum Gasteiger partial charge on any atom is -0.349 e. The molecule has 6 nitrogen and oxygen atoms in total. The van der Waals surface area contributed by atoms with Crippen molar-refractivity contribution in [2.24, 2.45) is 0 Å². The number of fused-ring (bicyclic) bond motifs is 1. The van der Waals surface area contributed by atoms with Crippen molar-refractivity contribution >= 4 is 11.8 Å². The maximum absolute atomic E-state index is 12.9. The van der Waals surface area contributed by atoms with Crippen LogP contribution < -0.4 is 5.32 Å². The number of aromatic nitrogens is 2. The molecule has 2 amide bonds. The molecule has 2 aliphatic heterocycles. The van der Waals surface area contributed by atoms with Gasteiger partial charge in [0.25, 0.3) is 5.91 Å². The van der Waals surface area contributed by atoms with Gasteiger partial charge in [0.1, 0.15) is 5.69 Å². The summed E-state index contributed by atoms with van der Waals surface area (Å²) < 4.78 is 0. The predicted octanol–water partition coefficient (Wildman–Crippen LogP) is 1.53. The molecule has 6 heteroatoms. The summed E-state index contributed by atoms with van der Waals surface area (Å²) >= 11 is 0. The summed E-state index contributed by atoms with van der Waals surface area (Å²) in [6, 6.07) is 0.0240. The number of nitrogens with zero attached hydrogens (tertiary/aromatic N) is 3. The molecule has 0 radical (unpaired) electrons. The molecule has 0 aromatic carbocycles. The third-order valence-corrected chi connectivity index (χ3v) is 4.81. The van der Waals surface area contributed by atoms with Crippen LogP contribution in [0.15, 0.2) is 18.6 Å². The van der Waals surface area contributed by atoms with Crippen LogP contribution in [-0.2, 0) is 4.79 Å². The van der Waals surface area contributed by atoms with E-state index in [9.17, 15) is 9.59 Å². The Morgan fingerprint density at radius 2 is 2.23 bits per heavy atom. The topological polar surface area (TPSA) is 75.2 Å². The van der Waals surface area contributed by atoms with E-state index >= 15 is 0 Å². The highest BCUT2D eigenvalue weighted by atomic mass is 16.2. The van der Waals surface area contributed by atoms with Gasteiger partial charge in [0.05, 0.1) is 17.8 Å². The predicted molar refractivity (Wildman–Crippen MR) is 81.1 cm³/mol. The lowest BCUT2D eigenvalue weighted by molar-refractivity contribution is -0.122. The van der Waals surface area contributed by atoms with Gasteiger partial charge in [-0.3, -0.25) is 14.6 Å². The minimum atomic E-state index is -0.345. The smallest absolute Gasteiger partial charge is 0.274 e. The number of hydrogen-bond donors (Lipinski definition) is 1. The van der Waals surface area contributed by atoms with Gasteiger partial charge in [-0.15, -0.1) is 0 Å². The van der Waals surface area contributed by atoms with Crippen LogP contribution in [0.4, 0.5) is 0 Å². The second kappa shape index (κ2) is 6.02. The van der Waals surface area contributed by atoms with Gasteiger partial charge < -0.3 is 10.2 Å². The Hall–Kier alpha value is -1.98. The number of rotatable bonds is 1. The van der Waals surface area contributed by atoms with Crippen LogP contribution in [0.5, 0.6) is 0 Å². The number of carbonyl (C=O) groups excluding carboxylic acids is 2. The molecule has 2 aliphatic rings. The van der Waals surface area contributed by atoms with E-state index in [1.807, 2.05) is 4.90 Å². The van der Waals surface area contributed by atoms with Gasteiger partial charge in [-0.25, -0.2) is 4.98 Å². The molecule has 0 aliphatic carbocycles. The summed E-state index contributed by atoms with van der Waals surface area (Å²) in [7, 11) is 0. The normalized spacial score (nSPS) is 29.0. The molecule has 0 spiro atoms. The Kier molecular flexibility index (Phi) is 4.09. The Balaban J connectivity index is 1.92. The SMILES string of the molecule is C[C@]12CCCCN(C(=O)c3cnccn3)[C@H]1CCCC(=O)N2. The molecule has 1 N–H and O–H groups in total. The monoisotopic (exact) mass is 302 g/mol. The van der Waals surface area contributed by atoms with Crippen LogP contribution in [0.2, 0.25) is 0 Å². The lowest BCUT2D eigenvalue weighted by Crippen LogP contribution is -2.59. The quantitative estimate of drug-likeness (QED) is 0.853. The summed E-state index contributed by atoms with van der Waals surface area (Å²) in [5.41, 5.74) is 0.0319. The van der Waals surface area contributed by atoms with Crippen molar-refractivity contribution in [2.45, 2.75) is 57.0 Å². The third kappa shape index (κ3) is 2.82. The van der Waals surface area contributed by atoms with Crippen molar-refractivity contribution in [3.63, 3.8) is 0 Å². The number of likely N-dealkylation sites (tertiary alicyclic amines) is 1. The molecule has 1 aromatic heterocycles. The third-order valence-electron chi connectivity index (χ3n) is 4.81. The first kappa shape index (κ1) is 14.9. The second-order valence-electron chi connectivity index (χ2n) is 6.42. The maximum Gasteiger partial charge on any atom is 0.274 e. The highest BCUT2D eigenvalue weighted by Gasteiger charge is 2.43. The summed E-state index contributed by atoms with van der Waals surface area (Å²) in [5.74, 6) is 0.0150. The first-order valence-electron chi connectivity index (χ1n) is 7.98. The zero-order valence-electron chi connectivity index (χ0n) is 12.9. The van der Waals surface area contributed by atoms with Crippen molar-refractivity contribution in [1.82, 2.24) is 20.2 Å². The summed E-state index contributed by atoms with van der Waals surface area (Å²) in [6.45, 7) is 2.79. The molecule has 0 bridgehead atoms. The molecule has 22 heavy (non-hydrogen) atoms. The maximum atomic E-state index is 12.9. The van der Waals surface area contributed by atoms with Crippen LogP contribution in [0.1, 0.15) is 55.9 Å². The van der Waals surface area contributed by atoms with E-state index in [1.165, 1.54) is 6.20 Å². The fraction of sp³-hybridized carbons (Fsp3) is 0.625. The Morgan fingerprint density at radius 3 is 3.00 bits per heavy atom. The summed E-state index contributed by atoms with van der Waals surface area (Å²) in [6.07, 6.45) is 9.70. The van der Waals surface area contributed by atoms with Gasteiger partial charge in [-0.2, -0.15) is 0 Å². The summed E-state index contributed by atoms with van der Waals surface area (Å²) in [4.78, 5) is 34.9. The van der Waals surface area contributed by atoms with Crippen molar-refractivity contribution in [3.8, 4) is 0 Å². The Bertz CT molecular complexity index is 563. The fourth-order valence-electron chi connectivity index (χ4n) is 3.70. The highest BCUT2D eigenvalue weighted by molar-refractivity contribution is 5.92. The van der Waals surface area contributed by atoms with Crippen LogP contribution in [-0.4, -0.2) is 44.8 Å². The number of hydrogen-bond acceptors (Lipinski definition) is 4. The van der Waals surface area contributed by atoms with Gasteiger partial charge in [-0.1, -0.05) is 0 Å². The lowest BCUT2D eigenvalue weighted by atomic mass is 9.85. The van der Waals surface area contributed by atoms with Crippen LogP contribution >= 0.6 is 0 Å². The van der Waals surface area contributed by atoms with E-state index < -0.39 is 0 Å². The average molecular weight is 302 g/mol. The van der Waals surface area contributed by atoms with E-state index in [-0.39, 0.29) is 23.4 Å². The molecule has 2 atom stereocenters. The number of nitrogens with one attached hydrogen (secondary N) is 1. The molecular formula is C16H22N4O2. The van der Waals surface area contributed by atoms with Gasteiger partial charge in [0.15, 0.2) is 0 Å². The first-order valence-corrected chi connectivity index (χ1v) is 7.98. The largest absolute Gasteiger partial charge is 0.349 e. The van der Waals surface area contributed by atoms with Gasteiger partial charge >= 0.3 is 0 Å². The van der Waals surface area contributed by atoms with Gasteiger partial charge in [0, 0.05) is 25.4 Å². The minimum absolute atomic E-state index is 0.0240. The molecule has 2 fully saturated rings. The zero-order chi connectivity index (χ0) is 15.6. The second-order valence-corrected chi connectivity index (χ2v) is 6.42. The molecule has 1 aromatic rings. The molecule has 0 unspecified atom stereocenters. The van der Waals surface area contributed by atoms with Crippen LogP contribution in [0.3, 0.4) is 0 Å². The van der Waals surface area contributed by atoms with E-state index in [0.29, 0.717) is 18.7 Å². The summed E-state index contributed by atoms with van der Waals surface area (Å²) in [5, 5.41) is 3.16. The van der Waals surface area contributed by atoms with Gasteiger partial charge in [0.2, 0.25) is 5.91 Å². The van der Waals surface area contributed by atoms with Gasteiger partial charge in [-0.05, 0) is 39.0 Å². The lowest BCUT2D eigenvalue weighted by Gasteiger charge is -2.41. The highest BCUT2D eigenvalue weighted by Crippen LogP contribution is 2.33. The fourth-order valence-corrected chi connectivity index (χ4v) is 3.70. The molecule has 118 valence electrons. The van der Waals surface area contributed by atoms with Crippen molar-refractivity contribution in [2.75, 3.05) is 6.54 Å². The van der Waals surface area contributed by atoms with Crippen molar-refractivity contribution in [1.29, 1.82) is 0 Å². The number of amides is 2. The number of carbonyl (C=O) groups is 2.